The van der Waals surface area contributed by atoms with E-state index >= 15 is 0 Å². The van der Waals surface area contributed by atoms with Crippen molar-refractivity contribution in [3.63, 3.8) is 0 Å². The fraction of sp³-hybridized carbons (Fsp3) is 0.579. The Morgan fingerprint density at radius 2 is 1.64 bits per heavy atom. The fourth-order valence-corrected chi connectivity index (χ4v) is 3.17. The molecule has 1 aromatic carbocycles. The minimum absolute atomic E-state index is 0.0710. The Morgan fingerprint density at radius 1 is 1.04 bits per heavy atom. The van der Waals surface area contributed by atoms with Crippen molar-refractivity contribution in [2.24, 2.45) is 0 Å². The molecule has 0 unspecified atom stereocenters. The first kappa shape index (κ1) is 19.2. The van der Waals surface area contributed by atoms with E-state index in [0.717, 1.165) is 24.1 Å². The van der Waals surface area contributed by atoms with Crippen molar-refractivity contribution < 1.29 is 9.59 Å². The zero-order valence-corrected chi connectivity index (χ0v) is 15.6. The van der Waals surface area contributed by atoms with E-state index in [2.05, 4.69) is 5.32 Å². The second-order valence-corrected chi connectivity index (χ2v) is 6.24. The first-order valence-electron chi connectivity index (χ1n) is 9.18. The number of carbonyl (C=O) groups is 2. The van der Waals surface area contributed by atoms with E-state index in [1.807, 2.05) is 59.9 Å². The Hall–Kier alpha value is -2.08. The summed E-state index contributed by atoms with van der Waals surface area (Å²) in [5.74, 6) is 0.0710. The van der Waals surface area contributed by atoms with Gasteiger partial charge in [0.15, 0.2) is 0 Å². The van der Waals surface area contributed by atoms with Crippen LogP contribution < -0.4 is 5.32 Å². The summed E-state index contributed by atoms with van der Waals surface area (Å²) in [7, 11) is 1.91. The Kier molecular flexibility index (Phi) is 7.25. The summed E-state index contributed by atoms with van der Waals surface area (Å²) >= 11 is 0. The number of likely N-dealkylation sites (N-methyl/N-ethyl adjacent to an activating group) is 1. The molecular formula is C19H30N4O2. The zero-order chi connectivity index (χ0) is 18.2. The summed E-state index contributed by atoms with van der Waals surface area (Å²) in [4.78, 5) is 30.9. The van der Waals surface area contributed by atoms with Gasteiger partial charge in [-0.15, -0.1) is 0 Å². The minimum atomic E-state index is 0.0710. The van der Waals surface area contributed by atoms with Gasteiger partial charge in [-0.05, 0) is 45.5 Å². The van der Waals surface area contributed by atoms with E-state index < -0.39 is 0 Å². The van der Waals surface area contributed by atoms with Crippen molar-refractivity contribution in [1.82, 2.24) is 20.0 Å². The highest BCUT2D eigenvalue weighted by Gasteiger charge is 2.27. The standard InChI is InChI=1S/C19H30N4O2/c1-4-21(5-2)19(25)23-14-12-22(13-15-23)18(24)17-9-7-6-8-16(17)10-11-20-3/h6-9,20H,4-5,10-15H2,1-3H3. The van der Waals surface area contributed by atoms with Crippen LogP contribution >= 0.6 is 0 Å². The molecule has 1 N–H and O–H groups in total. The highest BCUT2D eigenvalue weighted by molar-refractivity contribution is 5.96. The first-order chi connectivity index (χ1) is 12.1. The summed E-state index contributed by atoms with van der Waals surface area (Å²) in [6, 6.07) is 7.89. The molecule has 0 radical (unpaired) electrons. The van der Waals surface area contributed by atoms with Crippen LogP contribution in [0, 0.1) is 0 Å². The summed E-state index contributed by atoms with van der Waals surface area (Å²) in [6.45, 7) is 8.63. The Bertz CT molecular complexity index is 579. The molecule has 1 aliphatic rings. The van der Waals surface area contributed by atoms with Gasteiger partial charge in [-0.1, -0.05) is 18.2 Å². The molecule has 0 aliphatic carbocycles. The Labute approximate surface area is 150 Å². The topological polar surface area (TPSA) is 55.9 Å². The molecule has 0 bridgehead atoms. The molecule has 1 heterocycles. The predicted molar refractivity (Wildman–Crippen MR) is 99.9 cm³/mol. The highest BCUT2D eigenvalue weighted by atomic mass is 16.2. The number of amides is 3. The first-order valence-corrected chi connectivity index (χ1v) is 9.18. The number of urea groups is 1. The van der Waals surface area contributed by atoms with Gasteiger partial charge in [-0.25, -0.2) is 4.79 Å². The molecule has 3 amide bonds. The van der Waals surface area contributed by atoms with Crippen LogP contribution in [0.15, 0.2) is 24.3 Å². The molecule has 25 heavy (non-hydrogen) atoms. The number of piperazine rings is 1. The molecule has 6 heteroatoms. The van der Waals surface area contributed by atoms with Crippen molar-refractivity contribution in [1.29, 1.82) is 0 Å². The summed E-state index contributed by atoms with van der Waals surface area (Å²) in [6.07, 6.45) is 0.832. The molecule has 0 saturated carbocycles. The van der Waals surface area contributed by atoms with Crippen LogP contribution in [0.4, 0.5) is 4.79 Å². The lowest BCUT2D eigenvalue weighted by Crippen LogP contribution is -2.54. The largest absolute Gasteiger partial charge is 0.335 e. The van der Waals surface area contributed by atoms with Crippen molar-refractivity contribution in [2.75, 3.05) is 52.9 Å². The van der Waals surface area contributed by atoms with Crippen LogP contribution in [0.2, 0.25) is 0 Å². The summed E-state index contributed by atoms with van der Waals surface area (Å²) in [5.41, 5.74) is 1.85. The fourth-order valence-electron chi connectivity index (χ4n) is 3.17. The van der Waals surface area contributed by atoms with Crippen molar-refractivity contribution in [2.45, 2.75) is 20.3 Å². The quantitative estimate of drug-likeness (QED) is 0.852. The van der Waals surface area contributed by atoms with E-state index in [-0.39, 0.29) is 11.9 Å². The second kappa shape index (κ2) is 9.42. The van der Waals surface area contributed by atoms with Gasteiger partial charge in [-0.2, -0.15) is 0 Å². The summed E-state index contributed by atoms with van der Waals surface area (Å²) in [5, 5.41) is 3.13. The van der Waals surface area contributed by atoms with Gasteiger partial charge in [-0.3, -0.25) is 4.79 Å². The lowest BCUT2D eigenvalue weighted by atomic mass is 10.0. The third-order valence-corrected chi connectivity index (χ3v) is 4.76. The van der Waals surface area contributed by atoms with Crippen LogP contribution in [0.3, 0.4) is 0 Å². The molecule has 2 rings (SSSR count). The predicted octanol–water partition coefficient (Wildman–Crippen LogP) is 1.67. The maximum absolute atomic E-state index is 12.9. The van der Waals surface area contributed by atoms with E-state index in [1.54, 1.807) is 0 Å². The molecule has 1 saturated heterocycles. The smallest absolute Gasteiger partial charge is 0.320 e. The Morgan fingerprint density at radius 3 is 2.24 bits per heavy atom. The number of benzene rings is 1. The molecule has 0 atom stereocenters. The average molecular weight is 346 g/mol. The number of nitrogens with one attached hydrogen (secondary N) is 1. The van der Waals surface area contributed by atoms with Gasteiger partial charge >= 0.3 is 6.03 Å². The van der Waals surface area contributed by atoms with Gasteiger partial charge in [0.25, 0.3) is 5.91 Å². The number of hydrogen-bond donors (Lipinski definition) is 1. The van der Waals surface area contributed by atoms with E-state index in [9.17, 15) is 9.59 Å². The van der Waals surface area contributed by atoms with Crippen molar-refractivity contribution >= 4 is 11.9 Å². The number of hydrogen-bond acceptors (Lipinski definition) is 3. The van der Waals surface area contributed by atoms with Crippen LogP contribution in [-0.2, 0) is 6.42 Å². The molecule has 1 aliphatic heterocycles. The zero-order valence-electron chi connectivity index (χ0n) is 15.6. The number of nitrogens with zero attached hydrogens (tertiary/aromatic N) is 3. The SMILES string of the molecule is CCN(CC)C(=O)N1CCN(C(=O)c2ccccc2CCNC)CC1. The maximum atomic E-state index is 12.9. The molecular weight excluding hydrogens is 316 g/mol. The van der Waals surface area contributed by atoms with E-state index in [4.69, 9.17) is 0 Å². The number of rotatable bonds is 6. The Balaban J connectivity index is 1.99. The van der Waals surface area contributed by atoms with Crippen LogP contribution in [0.25, 0.3) is 0 Å². The molecule has 6 nitrogen and oxygen atoms in total. The maximum Gasteiger partial charge on any atom is 0.320 e. The van der Waals surface area contributed by atoms with Crippen molar-refractivity contribution in [3.8, 4) is 0 Å². The molecule has 1 aromatic rings. The van der Waals surface area contributed by atoms with Gasteiger partial charge < -0.3 is 20.0 Å². The summed E-state index contributed by atoms with van der Waals surface area (Å²) < 4.78 is 0. The minimum Gasteiger partial charge on any atom is -0.335 e. The molecule has 0 aromatic heterocycles. The molecule has 138 valence electrons. The number of carbonyl (C=O) groups excluding carboxylic acids is 2. The second-order valence-electron chi connectivity index (χ2n) is 6.24. The van der Waals surface area contributed by atoms with Crippen molar-refractivity contribution in [3.05, 3.63) is 35.4 Å². The van der Waals surface area contributed by atoms with Gasteiger partial charge in [0.05, 0.1) is 0 Å². The van der Waals surface area contributed by atoms with Gasteiger partial charge in [0.1, 0.15) is 0 Å². The third-order valence-electron chi connectivity index (χ3n) is 4.76. The van der Waals surface area contributed by atoms with Crippen LogP contribution in [0.5, 0.6) is 0 Å². The highest BCUT2D eigenvalue weighted by Crippen LogP contribution is 2.15. The molecule has 0 spiro atoms. The molecule has 1 fully saturated rings. The lowest BCUT2D eigenvalue weighted by Gasteiger charge is -2.37. The van der Waals surface area contributed by atoms with Gasteiger partial charge in [0, 0.05) is 44.8 Å². The van der Waals surface area contributed by atoms with E-state index in [0.29, 0.717) is 39.3 Å². The lowest BCUT2D eigenvalue weighted by molar-refractivity contribution is 0.0640. The van der Waals surface area contributed by atoms with Gasteiger partial charge in [0.2, 0.25) is 0 Å². The average Bonchev–Trinajstić information content (AvgIpc) is 2.67. The third kappa shape index (κ3) is 4.72. The van der Waals surface area contributed by atoms with E-state index in [1.165, 1.54) is 0 Å². The van der Waals surface area contributed by atoms with Crippen LogP contribution in [0.1, 0.15) is 29.8 Å². The normalized spacial score (nSPS) is 14.5. The van der Waals surface area contributed by atoms with Crippen LogP contribution in [-0.4, -0.2) is 79.5 Å². The monoisotopic (exact) mass is 346 g/mol.